The van der Waals surface area contributed by atoms with Crippen LogP contribution in [0.4, 0.5) is 24.5 Å². The number of hydrogen-bond donors (Lipinski definition) is 3. The third kappa shape index (κ3) is 6.54. The van der Waals surface area contributed by atoms with Gasteiger partial charge in [-0.25, -0.2) is 13.1 Å². The zero-order valence-corrected chi connectivity index (χ0v) is 17.9. The van der Waals surface area contributed by atoms with Crippen LogP contribution >= 0.6 is 0 Å². The molecule has 1 aliphatic rings. The number of rotatable bonds is 8. The van der Waals surface area contributed by atoms with Gasteiger partial charge in [0.1, 0.15) is 0 Å². The number of benzene rings is 2. The lowest BCUT2D eigenvalue weighted by Gasteiger charge is -2.15. The Morgan fingerprint density at radius 3 is 2.22 bits per heavy atom. The lowest BCUT2D eigenvalue weighted by atomic mass is 10.1. The Labute approximate surface area is 183 Å². The molecule has 172 valence electrons. The standard InChI is InChI=1S/C21H22F3N3O4S/c1-13(28)25-18-10-5-15(21(22,23)24)12-19(18)26-20(29)11-4-14-2-8-17(9-3-14)32(30,31)27-16-6-7-16/h2-3,5,8-10,12,16,27H,4,6-7,11H2,1H3,(H,25,28)(H,26,29). The topological polar surface area (TPSA) is 104 Å². The van der Waals surface area contributed by atoms with Crippen LogP contribution in [-0.2, 0) is 32.2 Å². The van der Waals surface area contributed by atoms with Crippen LogP contribution in [0.5, 0.6) is 0 Å². The fraction of sp³-hybridized carbons (Fsp3) is 0.333. The van der Waals surface area contributed by atoms with Gasteiger partial charge in [-0.1, -0.05) is 12.1 Å². The molecule has 3 rings (SSSR count). The molecule has 0 radical (unpaired) electrons. The Hall–Kier alpha value is -2.92. The van der Waals surface area contributed by atoms with Crippen LogP contribution in [0.1, 0.15) is 37.3 Å². The van der Waals surface area contributed by atoms with Crippen molar-refractivity contribution >= 4 is 33.2 Å². The van der Waals surface area contributed by atoms with E-state index in [0.717, 1.165) is 31.0 Å². The number of carbonyl (C=O) groups excluding carboxylic acids is 2. The Bertz CT molecular complexity index is 1110. The zero-order valence-electron chi connectivity index (χ0n) is 17.1. The van der Waals surface area contributed by atoms with E-state index >= 15 is 0 Å². The summed E-state index contributed by atoms with van der Waals surface area (Å²) in [5.74, 6) is -1.05. The maximum Gasteiger partial charge on any atom is 0.416 e. The molecule has 7 nitrogen and oxygen atoms in total. The Kier molecular flexibility index (Phi) is 6.89. The highest BCUT2D eigenvalue weighted by molar-refractivity contribution is 7.89. The van der Waals surface area contributed by atoms with Crippen molar-refractivity contribution in [3.8, 4) is 0 Å². The number of alkyl halides is 3. The van der Waals surface area contributed by atoms with E-state index in [9.17, 15) is 31.2 Å². The van der Waals surface area contributed by atoms with Gasteiger partial charge >= 0.3 is 6.18 Å². The van der Waals surface area contributed by atoms with Gasteiger partial charge in [-0.2, -0.15) is 13.2 Å². The zero-order chi connectivity index (χ0) is 23.5. The average Bonchev–Trinajstić information content (AvgIpc) is 3.50. The van der Waals surface area contributed by atoms with Crippen molar-refractivity contribution in [2.24, 2.45) is 0 Å². The van der Waals surface area contributed by atoms with Gasteiger partial charge in [0, 0.05) is 19.4 Å². The maximum absolute atomic E-state index is 13.0. The summed E-state index contributed by atoms with van der Waals surface area (Å²) in [6.45, 7) is 1.20. The highest BCUT2D eigenvalue weighted by Crippen LogP contribution is 2.34. The number of aryl methyl sites for hydroxylation is 1. The van der Waals surface area contributed by atoms with E-state index in [1.165, 1.54) is 19.1 Å². The van der Waals surface area contributed by atoms with Crippen LogP contribution in [0.2, 0.25) is 0 Å². The number of hydrogen-bond acceptors (Lipinski definition) is 4. The summed E-state index contributed by atoms with van der Waals surface area (Å²) in [5.41, 5.74) is -0.376. The Morgan fingerprint density at radius 2 is 1.66 bits per heavy atom. The molecule has 0 spiro atoms. The lowest BCUT2D eigenvalue weighted by molar-refractivity contribution is -0.137. The van der Waals surface area contributed by atoms with Crippen molar-refractivity contribution in [1.29, 1.82) is 0 Å². The van der Waals surface area contributed by atoms with E-state index in [2.05, 4.69) is 15.4 Å². The van der Waals surface area contributed by atoms with Crippen molar-refractivity contribution in [1.82, 2.24) is 4.72 Å². The third-order valence-electron chi connectivity index (χ3n) is 4.71. The number of halogens is 3. The molecule has 0 saturated heterocycles. The van der Waals surface area contributed by atoms with Crippen LogP contribution in [0, 0.1) is 0 Å². The second-order valence-corrected chi connectivity index (χ2v) is 9.24. The highest BCUT2D eigenvalue weighted by Gasteiger charge is 2.31. The molecule has 32 heavy (non-hydrogen) atoms. The first-order chi connectivity index (χ1) is 14.9. The summed E-state index contributed by atoms with van der Waals surface area (Å²) in [7, 11) is -3.57. The largest absolute Gasteiger partial charge is 0.416 e. The van der Waals surface area contributed by atoms with Crippen molar-refractivity contribution in [3.05, 3.63) is 53.6 Å². The van der Waals surface area contributed by atoms with Crippen molar-refractivity contribution < 1.29 is 31.2 Å². The molecule has 2 aromatic rings. The molecule has 0 aliphatic heterocycles. The molecule has 0 unspecified atom stereocenters. The molecule has 2 amide bonds. The first-order valence-corrected chi connectivity index (χ1v) is 11.3. The molecule has 3 N–H and O–H groups in total. The van der Waals surface area contributed by atoms with Gasteiger partial charge in [0.2, 0.25) is 21.8 Å². The lowest BCUT2D eigenvalue weighted by Crippen LogP contribution is -2.25. The number of amides is 2. The van der Waals surface area contributed by atoms with Crippen LogP contribution in [0.15, 0.2) is 47.4 Å². The highest BCUT2D eigenvalue weighted by atomic mass is 32.2. The van der Waals surface area contributed by atoms with E-state index in [1.807, 2.05) is 0 Å². The summed E-state index contributed by atoms with van der Waals surface area (Å²) in [4.78, 5) is 23.8. The molecular weight excluding hydrogens is 447 g/mol. The molecule has 0 atom stereocenters. The molecule has 11 heteroatoms. The van der Waals surface area contributed by atoms with E-state index in [1.54, 1.807) is 12.1 Å². The third-order valence-corrected chi connectivity index (χ3v) is 6.24. The first-order valence-electron chi connectivity index (χ1n) is 9.84. The minimum atomic E-state index is -4.61. The van der Waals surface area contributed by atoms with Gasteiger partial charge in [-0.05, 0) is 55.2 Å². The van der Waals surface area contributed by atoms with Crippen LogP contribution in [0.25, 0.3) is 0 Å². The van der Waals surface area contributed by atoms with Gasteiger partial charge in [-0.3, -0.25) is 9.59 Å². The number of nitrogens with one attached hydrogen (secondary N) is 3. The summed E-state index contributed by atoms with van der Waals surface area (Å²) in [6.07, 6.45) is -2.77. The summed E-state index contributed by atoms with van der Waals surface area (Å²) in [5, 5.41) is 4.79. The number of carbonyl (C=O) groups is 2. The molecule has 1 aliphatic carbocycles. The predicted molar refractivity (Wildman–Crippen MR) is 112 cm³/mol. The maximum atomic E-state index is 13.0. The van der Waals surface area contributed by atoms with Crippen molar-refractivity contribution in [2.75, 3.05) is 10.6 Å². The van der Waals surface area contributed by atoms with E-state index < -0.39 is 33.6 Å². The average molecular weight is 469 g/mol. The van der Waals surface area contributed by atoms with Gasteiger partial charge in [0.25, 0.3) is 0 Å². The second-order valence-electron chi connectivity index (χ2n) is 7.53. The monoisotopic (exact) mass is 469 g/mol. The fourth-order valence-corrected chi connectivity index (χ4v) is 4.22. The molecule has 0 aromatic heterocycles. The number of anilines is 2. The normalized spacial score (nSPS) is 14.1. The molecule has 1 fully saturated rings. The van der Waals surface area contributed by atoms with E-state index in [-0.39, 0.29) is 35.2 Å². The molecular formula is C21H22F3N3O4S. The number of sulfonamides is 1. The Balaban J connectivity index is 1.64. The van der Waals surface area contributed by atoms with Gasteiger partial charge in [-0.15, -0.1) is 0 Å². The second kappa shape index (κ2) is 9.29. The van der Waals surface area contributed by atoms with Gasteiger partial charge < -0.3 is 10.6 Å². The van der Waals surface area contributed by atoms with Crippen LogP contribution in [-0.4, -0.2) is 26.3 Å². The van der Waals surface area contributed by atoms with E-state index in [4.69, 9.17) is 0 Å². The molecule has 0 heterocycles. The molecule has 2 aromatic carbocycles. The molecule has 1 saturated carbocycles. The van der Waals surface area contributed by atoms with E-state index in [0.29, 0.717) is 5.56 Å². The van der Waals surface area contributed by atoms with Crippen LogP contribution in [0.3, 0.4) is 0 Å². The Morgan fingerprint density at radius 1 is 1.00 bits per heavy atom. The van der Waals surface area contributed by atoms with Gasteiger partial charge in [0.05, 0.1) is 21.8 Å². The SMILES string of the molecule is CC(=O)Nc1ccc(C(F)(F)F)cc1NC(=O)CCc1ccc(S(=O)(=O)NC2CC2)cc1. The fourth-order valence-electron chi connectivity index (χ4n) is 2.92. The quantitative estimate of drug-likeness (QED) is 0.549. The summed E-state index contributed by atoms with van der Waals surface area (Å²) in [6, 6.07) is 8.70. The van der Waals surface area contributed by atoms with Crippen LogP contribution < -0.4 is 15.4 Å². The minimum Gasteiger partial charge on any atom is -0.325 e. The summed E-state index contributed by atoms with van der Waals surface area (Å²) >= 11 is 0. The minimum absolute atomic E-state index is 0.0124. The van der Waals surface area contributed by atoms with Gasteiger partial charge in [0.15, 0.2) is 0 Å². The summed E-state index contributed by atoms with van der Waals surface area (Å²) < 4.78 is 66.0. The van der Waals surface area contributed by atoms with Crippen molar-refractivity contribution in [2.45, 2.75) is 49.7 Å². The predicted octanol–water partition coefficient (Wildman–Crippen LogP) is 3.68. The van der Waals surface area contributed by atoms with Crippen molar-refractivity contribution in [3.63, 3.8) is 0 Å². The molecule has 0 bridgehead atoms. The smallest absolute Gasteiger partial charge is 0.325 e. The first kappa shape index (κ1) is 23.7.